The van der Waals surface area contributed by atoms with Crippen LogP contribution in [0.1, 0.15) is 25.7 Å². The average Bonchev–Trinajstić information content (AvgIpc) is 2.85. The lowest BCUT2D eigenvalue weighted by atomic mass is 9.94. The van der Waals surface area contributed by atoms with Gasteiger partial charge in [0.1, 0.15) is 12.1 Å². The van der Waals surface area contributed by atoms with Gasteiger partial charge >= 0.3 is 24.1 Å². The van der Waals surface area contributed by atoms with E-state index in [-0.39, 0.29) is 11.8 Å². The van der Waals surface area contributed by atoms with Crippen LogP contribution in [0.4, 0.5) is 9.59 Å². The summed E-state index contributed by atoms with van der Waals surface area (Å²) in [6, 6.07) is -1.39. The molecule has 2 heterocycles. The van der Waals surface area contributed by atoms with Gasteiger partial charge in [0.25, 0.3) is 0 Å². The number of ether oxygens (including phenoxy) is 6. The second-order valence-corrected chi connectivity index (χ2v) is 7.23. The van der Waals surface area contributed by atoms with Gasteiger partial charge in [-0.1, -0.05) is 0 Å². The number of carbonyl (C=O) groups is 4. The Kier molecular flexibility index (Phi) is 13.1. The Bertz CT molecular complexity index is 551. The highest BCUT2D eigenvalue weighted by Gasteiger charge is 2.33. The first-order chi connectivity index (χ1) is 15.4. The molecule has 0 aromatic rings. The zero-order valence-corrected chi connectivity index (χ0v) is 19.0. The summed E-state index contributed by atoms with van der Waals surface area (Å²) in [4.78, 5) is 45.2. The Labute approximate surface area is 187 Å². The van der Waals surface area contributed by atoms with E-state index in [0.717, 1.165) is 25.7 Å². The lowest BCUT2D eigenvalue weighted by Gasteiger charge is -2.28. The molecule has 0 aromatic heterocycles. The van der Waals surface area contributed by atoms with E-state index >= 15 is 0 Å². The molecule has 2 rings (SSSR count). The fourth-order valence-corrected chi connectivity index (χ4v) is 3.42. The van der Waals surface area contributed by atoms with Crippen LogP contribution < -0.4 is 10.6 Å². The summed E-state index contributed by atoms with van der Waals surface area (Å²) in [5.74, 6) is -1.05. The number of alkyl carbamates (subject to hydrolysis) is 2. The van der Waals surface area contributed by atoms with Crippen molar-refractivity contribution >= 4 is 24.1 Å². The van der Waals surface area contributed by atoms with E-state index in [0.29, 0.717) is 26.4 Å². The number of carbonyl (C=O) groups excluding carboxylic acids is 4. The van der Waals surface area contributed by atoms with Crippen LogP contribution in [0.15, 0.2) is 0 Å². The lowest BCUT2D eigenvalue weighted by Crippen LogP contribution is -2.48. The van der Waals surface area contributed by atoms with Crippen LogP contribution in [0.5, 0.6) is 0 Å². The maximum atomic E-state index is 11.5. The Morgan fingerprint density at radius 1 is 0.688 bits per heavy atom. The molecule has 2 aliphatic rings. The highest BCUT2D eigenvalue weighted by Crippen LogP contribution is 2.19. The van der Waals surface area contributed by atoms with Gasteiger partial charge < -0.3 is 39.1 Å². The molecule has 32 heavy (non-hydrogen) atoms. The third-order valence-electron chi connectivity index (χ3n) is 5.16. The quantitative estimate of drug-likeness (QED) is 0.425. The van der Waals surface area contributed by atoms with Crippen molar-refractivity contribution in [2.75, 3.05) is 54.9 Å². The molecule has 0 spiro atoms. The minimum atomic E-state index is -0.697. The molecule has 0 radical (unpaired) electrons. The number of amides is 2. The number of rotatable bonds is 6. The fraction of sp³-hybridized carbons (Fsp3) is 0.800. The van der Waals surface area contributed by atoms with Crippen LogP contribution in [0.3, 0.4) is 0 Å². The smallest absolute Gasteiger partial charge is 0.407 e. The van der Waals surface area contributed by atoms with Crippen molar-refractivity contribution in [3.05, 3.63) is 0 Å². The van der Waals surface area contributed by atoms with Crippen molar-refractivity contribution in [2.45, 2.75) is 37.8 Å². The van der Waals surface area contributed by atoms with E-state index in [4.69, 9.17) is 9.47 Å². The second-order valence-electron chi connectivity index (χ2n) is 7.23. The molecule has 4 atom stereocenters. The van der Waals surface area contributed by atoms with Crippen molar-refractivity contribution in [3.63, 3.8) is 0 Å². The summed E-state index contributed by atoms with van der Waals surface area (Å²) in [5.41, 5.74) is 0. The molecule has 0 aliphatic carbocycles. The molecular formula is C20H34N2O10. The van der Waals surface area contributed by atoms with Gasteiger partial charge in [-0.2, -0.15) is 0 Å². The Hall–Kier alpha value is -2.60. The molecule has 184 valence electrons. The Morgan fingerprint density at radius 2 is 1.06 bits per heavy atom. The molecule has 2 amide bonds. The van der Waals surface area contributed by atoms with Crippen LogP contribution in [-0.4, -0.2) is 91.1 Å². The first-order valence-electron chi connectivity index (χ1n) is 10.4. The minimum absolute atomic E-state index is 0.0553. The van der Waals surface area contributed by atoms with E-state index in [1.807, 2.05) is 0 Å². The maximum absolute atomic E-state index is 11.5. The highest BCUT2D eigenvalue weighted by atomic mass is 16.6. The second kappa shape index (κ2) is 15.2. The van der Waals surface area contributed by atoms with Gasteiger partial charge in [0.15, 0.2) is 0 Å². The van der Waals surface area contributed by atoms with E-state index in [1.165, 1.54) is 28.4 Å². The predicted octanol–water partition coefficient (Wildman–Crippen LogP) is 0.621. The zero-order valence-electron chi connectivity index (χ0n) is 19.0. The molecule has 2 fully saturated rings. The summed E-state index contributed by atoms with van der Waals surface area (Å²) < 4.78 is 28.8. The molecular weight excluding hydrogens is 428 g/mol. The summed E-state index contributed by atoms with van der Waals surface area (Å²) in [7, 11) is 5.08. The van der Waals surface area contributed by atoms with Gasteiger partial charge in [0.2, 0.25) is 0 Å². The molecule has 12 heteroatoms. The molecule has 0 unspecified atom stereocenters. The number of hydrogen-bond donors (Lipinski definition) is 2. The third kappa shape index (κ3) is 9.27. The standard InChI is InChI=1S/2C10H17NO5/c2*1-14-9(12)8(11-10(13)15-2)7-4-3-5-16-6-7/h2*7-8H,3-6H2,1-2H3,(H,11,13)/t7-,8+;7-,8-/m10/s1. The van der Waals surface area contributed by atoms with Gasteiger partial charge in [-0.15, -0.1) is 0 Å². The topological polar surface area (TPSA) is 148 Å². The molecule has 2 saturated heterocycles. The fourth-order valence-electron chi connectivity index (χ4n) is 3.42. The summed E-state index contributed by atoms with van der Waals surface area (Å²) in [5, 5.41) is 4.94. The Morgan fingerprint density at radius 3 is 1.31 bits per heavy atom. The van der Waals surface area contributed by atoms with E-state index in [1.54, 1.807) is 0 Å². The molecule has 0 bridgehead atoms. The van der Waals surface area contributed by atoms with Gasteiger partial charge in [0, 0.05) is 25.0 Å². The first-order valence-corrected chi connectivity index (χ1v) is 10.4. The number of methoxy groups -OCH3 is 4. The summed E-state index contributed by atoms with van der Waals surface area (Å²) >= 11 is 0. The SMILES string of the molecule is COC(=O)N[C@H](C(=O)OC)[C@@H]1CCCOC1.COC(=O)N[C@H](C(=O)OC)[C@H]1CCCOC1. The Balaban J connectivity index is 0.000000320. The van der Waals surface area contributed by atoms with Crippen LogP contribution in [0.25, 0.3) is 0 Å². The van der Waals surface area contributed by atoms with Crippen molar-refractivity contribution in [1.82, 2.24) is 10.6 Å². The van der Waals surface area contributed by atoms with Crippen molar-refractivity contribution in [1.29, 1.82) is 0 Å². The normalized spacial score (nSPS) is 22.0. The zero-order chi connectivity index (χ0) is 23.9. The first kappa shape index (κ1) is 27.4. The van der Waals surface area contributed by atoms with Crippen molar-refractivity contribution in [2.24, 2.45) is 11.8 Å². The number of hydrogen-bond acceptors (Lipinski definition) is 10. The third-order valence-corrected chi connectivity index (χ3v) is 5.16. The van der Waals surface area contributed by atoms with E-state index in [9.17, 15) is 19.2 Å². The van der Waals surface area contributed by atoms with Crippen LogP contribution in [-0.2, 0) is 38.0 Å². The minimum Gasteiger partial charge on any atom is -0.467 e. The predicted molar refractivity (Wildman–Crippen MR) is 110 cm³/mol. The van der Waals surface area contributed by atoms with Crippen molar-refractivity contribution < 1.29 is 47.6 Å². The molecule has 2 aliphatic heterocycles. The molecule has 2 N–H and O–H groups in total. The van der Waals surface area contributed by atoms with Crippen LogP contribution >= 0.6 is 0 Å². The number of nitrogens with one attached hydrogen (secondary N) is 2. The average molecular weight is 462 g/mol. The molecule has 0 aromatic carbocycles. The van der Waals surface area contributed by atoms with Crippen LogP contribution in [0, 0.1) is 11.8 Å². The van der Waals surface area contributed by atoms with Gasteiger partial charge in [-0.05, 0) is 25.7 Å². The van der Waals surface area contributed by atoms with Crippen LogP contribution in [0.2, 0.25) is 0 Å². The summed E-state index contributed by atoms with van der Waals surface area (Å²) in [6.45, 7) is 2.29. The molecule has 12 nitrogen and oxygen atoms in total. The maximum Gasteiger partial charge on any atom is 0.407 e. The van der Waals surface area contributed by atoms with E-state index in [2.05, 4.69) is 29.6 Å². The monoisotopic (exact) mass is 462 g/mol. The highest BCUT2D eigenvalue weighted by molar-refractivity contribution is 5.82. The van der Waals surface area contributed by atoms with Crippen molar-refractivity contribution in [3.8, 4) is 0 Å². The van der Waals surface area contributed by atoms with E-state index < -0.39 is 36.2 Å². The molecule has 0 saturated carbocycles. The van der Waals surface area contributed by atoms with Gasteiger partial charge in [-0.3, -0.25) is 0 Å². The van der Waals surface area contributed by atoms with Gasteiger partial charge in [0.05, 0.1) is 41.7 Å². The lowest BCUT2D eigenvalue weighted by molar-refractivity contribution is -0.146. The number of esters is 2. The summed E-state index contributed by atoms with van der Waals surface area (Å²) in [6.07, 6.45) is 2.12. The largest absolute Gasteiger partial charge is 0.467 e. The van der Waals surface area contributed by atoms with Gasteiger partial charge in [-0.25, -0.2) is 19.2 Å².